The van der Waals surface area contributed by atoms with Gasteiger partial charge in [0, 0.05) is 0 Å². The van der Waals surface area contributed by atoms with Crippen LogP contribution in [0.2, 0.25) is 0 Å². The van der Waals surface area contributed by atoms with Gasteiger partial charge >= 0.3 is 11.8 Å². The van der Waals surface area contributed by atoms with Crippen molar-refractivity contribution in [1.29, 1.82) is 0 Å². The van der Waals surface area contributed by atoms with Gasteiger partial charge in [-0.1, -0.05) is 18.2 Å². The van der Waals surface area contributed by atoms with Crippen LogP contribution < -0.4 is 5.63 Å². The van der Waals surface area contributed by atoms with E-state index in [2.05, 4.69) is 4.42 Å². The Morgan fingerprint density at radius 1 is 1.13 bits per heavy atom. The predicted molar refractivity (Wildman–Crippen MR) is 47.5 cm³/mol. The van der Waals surface area contributed by atoms with Crippen LogP contribution in [0.25, 0.3) is 10.8 Å². The molecule has 2 rings (SSSR count). The summed E-state index contributed by atoms with van der Waals surface area (Å²) in [5.41, 5.74) is -0.972. The Morgan fingerprint density at radius 3 is 2.47 bits per heavy atom. The molecule has 0 amide bonds. The van der Waals surface area contributed by atoms with E-state index in [4.69, 9.17) is 0 Å². The van der Waals surface area contributed by atoms with Crippen molar-refractivity contribution in [1.82, 2.24) is 0 Å². The standard InChI is InChI=1S/C10H5F3O2/c11-10(12,13)8-5-6-3-1-2-4-7(6)9(14)15-8/h1-5H. The first kappa shape index (κ1) is 9.76. The van der Waals surface area contributed by atoms with Crippen molar-refractivity contribution in [2.45, 2.75) is 6.18 Å². The summed E-state index contributed by atoms with van der Waals surface area (Å²) in [5, 5.41) is 0.367. The van der Waals surface area contributed by atoms with Crippen molar-refractivity contribution in [3.63, 3.8) is 0 Å². The fraction of sp³-hybridized carbons (Fsp3) is 0.100. The molecule has 2 nitrogen and oxygen atoms in total. The van der Waals surface area contributed by atoms with Gasteiger partial charge in [0.1, 0.15) is 0 Å². The van der Waals surface area contributed by atoms with E-state index in [1.165, 1.54) is 12.1 Å². The van der Waals surface area contributed by atoms with E-state index in [-0.39, 0.29) is 10.8 Å². The third-order valence-corrected chi connectivity index (χ3v) is 1.95. The minimum absolute atomic E-state index is 0.144. The zero-order chi connectivity index (χ0) is 11.1. The second-order valence-electron chi connectivity index (χ2n) is 2.98. The molecule has 0 atom stereocenters. The minimum Gasteiger partial charge on any atom is -0.418 e. The van der Waals surface area contributed by atoms with Crippen molar-refractivity contribution in [3.8, 4) is 0 Å². The van der Waals surface area contributed by atoms with E-state index < -0.39 is 17.6 Å². The van der Waals surface area contributed by atoms with Gasteiger partial charge in [-0.25, -0.2) is 4.79 Å². The highest BCUT2D eigenvalue weighted by molar-refractivity contribution is 5.81. The Labute approximate surface area is 81.9 Å². The van der Waals surface area contributed by atoms with Gasteiger partial charge in [-0.15, -0.1) is 0 Å². The van der Waals surface area contributed by atoms with Crippen LogP contribution in [0.1, 0.15) is 5.76 Å². The van der Waals surface area contributed by atoms with Gasteiger partial charge in [-0.05, 0) is 17.5 Å². The number of hydrogen-bond donors (Lipinski definition) is 0. The Hall–Kier alpha value is -1.78. The van der Waals surface area contributed by atoms with Crippen LogP contribution in [0.15, 0.2) is 39.5 Å². The Morgan fingerprint density at radius 2 is 1.80 bits per heavy atom. The van der Waals surface area contributed by atoms with Crippen LogP contribution in [0.5, 0.6) is 0 Å². The zero-order valence-electron chi connectivity index (χ0n) is 7.34. The number of alkyl halides is 3. The second kappa shape index (κ2) is 3.12. The second-order valence-corrected chi connectivity index (χ2v) is 2.98. The minimum atomic E-state index is -4.64. The van der Waals surface area contributed by atoms with Gasteiger partial charge in [0.25, 0.3) is 0 Å². The molecule has 0 fully saturated rings. The fourth-order valence-electron chi connectivity index (χ4n) is 1.27. The number of rotatable bonds is 0. The molecule has 78 valence electrons. The lowest BCUT2D eigenvalue weighted by molar-refractivity contribution is -0.154. The Bertz CT molecular complexity index is 554. The molecule has 5 heteroatoms. The van der Waals surface area contributed by atoms with Crippen molar-refractivity contribution in [2.75, 3.05) is 0 Å². The first-order valence-electron chi connectivity index (χ1n) is 4.08. The maximum Gasteiger partial charge on any atom is 0.449 e. The number of hydrogen-bond acceptors (Lipinski definition) is 2. The van der Waals surface area contributed by atoms with Gasteiger partial charge in [0.2, 0.25) is 5.76 Å². The molecule has 0 radical (unpaired) electrons. The summed E-state index contributed by atoms with van der Waals surface area (Å²) in [7, 11) is 0. The zero-order valence-corrected chi connectivity index (χ0v) is 7.34. The molecule has 0 bridgehead atoms. The molecule has 1 aromatic carbocycles. The summed E-state index contributed by atoms with van der Waals surface area (Å²) in [6.45, 7) is 0. The third kappa shape index (κ3) is 1.72. The molecule has 0 saturated carbocycles. The summed E-state index contributed by atoms with van der Waals surface area (Å²) in [5.74, 6) is -1.27. The lowest BCUT2D eigenvalue weighted by Gasteiger charge is -2.05. The van der Waals surface area contributed by atoms with Gasteiger partial charge in [-0.3, -0.25) is 0 Å². The molecule has 0 unspecified atom stereocenters. The highest BCUT2D eigenvalue weighted by Gasteiger charge is 2.34. The SMILES string of the molecule is O=c1oc(C(F)(F)F)cc2ccccc12. The van der Waals surface area contributed by atoms with E-state index in [9.17, 15) is 18.0 Å². The van der Waals surface area contributed by atoms with Crippen molar-refractivity contribution in [2.24, 2.45) is 0 Å². The summed E-state index contributed by atoms with van der Waals surface area (Å²) in [4.78, 5) is 11.2. The monoisotopic (exact) mass is 214 g/mol. The maximum atomic E-state index is 12.3. The first-order chi connectivity index (χ1) is 6.98. The van der Waals surface area contributed by atoms with E-state index in [1.54, 1.807) is 12.1 Å². The highest BCUT2D eigenvalue weighted by atomic mass is 19.4. The van der Waals surface area contributed by atoms with Crippen LogP contribution in [0.3, 0.4) is 0 Å². The Balaban J connectivity index is 2.79. The normalized spacial score (nSPS) is 11.9. The summed E-state index contributed by atoms with van der Waals surface area (Å²) in [6.07, 6.45) is -4.64. The van der Waals surface area contributed by atoms with Crippen LogP contribution in [-0.2, 0) is 6.18 Å². The van der Waals surface area contributed by atoms with Crippen LogP contribution in [0.4, 0.5) is 13.2 Å². The average Bonchev–Trinajstić information content (AvgIpc) is 2.16. The molecular formula is C10H5F3O2. The van der Waals surface area contributed by atoms with Crippen LogP contribution >= 0.6 is 0 Å². The number of benzene rings is 1. The predicted octanol–water partition coefficient (Wildman–Crippen LogP) is 2.81. The smallest absolute Gasteiger partial charge is 0.418 e. The molecule has 0 spiro atoms. The molecular weight excluding hydrogens is 209 g/mol. The number of fused-ring (bicyclic) bond motifs is 1. The molecule has 15 heavy (non-hydrogen) atoms. The molecule has 0 aliphatic rings. The van der Waals surface area contributed by atoms with Gasteiger partial charge in [-0.2, -0.15) is 13.2 Å². The van der Waals surface area contributed by atoms with Crippen molar-refractivity contribution >= 4 is 10.8 Å². The van der Waals surface area contributed by atoms with E-state index >= 15 is 0 Å². The molecule has 0 saturated heterocycles. The molecule has 0 aliphatic carbocycles. The molecule has 1 heterocycles. The highest BCUT2D eigenvalue weighted by Crippen LogP contribution is 2.29. The van der Waals surface area contributed by atoms with E-state index in [0.717, 1.165) is 6.07 Å². The van der Waals surface area contributed by atoms with Gasteiger partial charge in [0.15, 0.2) is 0 Å². The summed E-state index contributed by atoms with van der Waals surface area (Å²) in [6, 6.07) is 6.79. The molecule has 2 aromatic rings. The summed E-state index contributed by atoms with van der Waals surface area (Å²) >= 11 is 0. The number of halogens is 3. The van der Waals surface area contributed by atoms with Crippen molar-refractivity contribution in [3.05, 3.63) is 46.5 Å². The van der Waals surface area contributed by atoms with E-state index in [0.29, 0.717) is 0 Å². The lowest BCUT2D eigenvalue weighted by Crippen LogP contribution is -2.10. The quantitative estimate of drug-likeness (QED) is 0.674. The van der Waals surface area contributed by atoms with E-state index in [1.807, 2.05) is 0 Å². The van der Waals surface area contributed by atoms with Crippen LogP contribution in [-0.4, -0.2) is 0 Å². The third-order valence-electron chi connectivity index (χ3n) is 1.95. The first-order valence-corrected chi connectivity index (χ1v) is 4.08. The van der Waals surface area contributed by atoms with Crippen LogP contribution in [0, 0.1) is 0 Å². The molecule has 1 aromatic heterocycles. The average molecular weight is 214 g/mol. The maximum absolute atomic E-state index is 12.3. The van der Waals surface area contributed by atoms with Gasteiger partial charge in [0.05, 0.1) is 5.39 Å². The fourth-order valence-corrected chi connectivity index (χ4v) is 1.27. The largest absolute Gasteiger partial charge is 0.449 e. The Kier molecular flexibility index (Phi) is 2.03. The lowest BCUT2D eigenvalue weighted by atomic mass is 10.2. The topological polar surface area (TPSA) is 30.2 Å². The molecule has 0 aliphatic heterocycles. The van der Waals surface area contributed by atoms with Gasteiger partial charge < -0.3 is 4.42 Å². The summed E-state index contributed by atoms with van der Waals surface area (Å²) < 4.78 is 41.0. The molecule has 0 N–H and O–H groups in total. The van der Waals surface area contributed by atoms with Crippen molar-refractivity contribution < 1.29 is 17.6 Å².